The first-order chi connectivity index (χ1) is 9.54. The van der Waals surface area contributed by atoms with Crippen LogP contribution in [0.3, 0.4) is 0 Å². The summed E-state index contributed by atoms with van der Waals surface area (Å²) in [5, 5.41) is 16.6. The summed E-state index contributed by atoms with van der Waals surface area (Å²) >= 11 is 0. The molecule has 0 aliphatic carbocycles. The van der Waals surface area contributed by atoms with Crippen LogP contribution >= 0.6 is 0 Å². The Bertz CT molecular complexity index is 406. The number of rotatable bonds is 6. The minimum absolute atomic E-state index is 0.324. The lowest BCUT2D eigenvalue weighted by molar-refractivity contribution is 0.187. The number of aliphatic hydroxyl groups excluding tert-OH is 1. The highest BCUT2D eigenvalue weighted by atomic mass is 16.3. The quantitative estimate of drug-likeness (QED) is 0.547. The number of pyridine rings is 1. The van der Waals surface area contributed by atoms with E-state index < -0.39 is 6.10 Å². The largest absolute Gasteiger partial charge is 0.386 e. The van der Waals surface area contributed by atoms with E-state index in [9.17, 15) is 5.11 Å². The monoisotopic (exact) mass is 278 g/mol. The standard InChI is InChI=1S/C15H26N4O/c1-5-17-15(19-12(4)11(2)3)18-10-14(20)13-6-8-16-9-7-13/h6-9,11-12,14,20H,5,10H2,1-4H3,(H2,17,18,19). The summed E-state index contributed by atoms with van der Waals surface area (Å²) in [6, 6.07) is 3.93. The molecule has 1 aromatic rings. The first-order valence-corrected chi connectivity index (χ1v) is 7.17. The Morgan fingerprint density at radius 1 is 1.30 bits per heavy atom. The zero-order chi connectivity index (χ0) is 15.0. The molecule has 112 valence electrons. The molecule has 0 saturated heterocycles. The first kappa shape index (κ1) is 16.4. The molecule has 5 heteroatoms. The molecule has 0 bridgehead atoms. The molecule has 1 heterocycles. The Balaban J connectivity index is 2.62. The van der Waals surface area contributed by atoms with Crippen LogP contribution in [0.1, 0.15) is 39.4 Å². The average Bonchev–Trinajstić information content (AvgIpc) is 2.45. The second kappa shape index (κ2) is 8.53. The van der Waals surface area contributed by atoms with Crippen LogP contribution in [0.15, 0.2) is 29.5 Å². The highest BCUT2D eigenvalue weighted by molar-refractivity contribution is 5.80. The van der Waals surface area contributed by atoms with Gasteiger partial charge in [-0.25, -0.2) is 0 Å². The van der Waals surface area contributed by atoms with Crippen molar-refractivity contribution in [2.24, 2.45) is 10.9 Å². The molecule has 0 aliphatic heterocycles. The molecule has 5 nitrogen and oxygen atoms in total. The number of hydrogen-bond acceptors (Lipinski definition) is 3. The van der Waals surface area contributed by atoms with Crippen LogP contribution in [0.5, 0.6) is 0 Å². The van der Waals surface area contributed by atoms with E-state index in [1.807, 2.05) is 6.92 Å². The van der Waals surface area contributed by atoms with Crippen molar-refractivity contribution < 1.29 is 5.11 Å². The van der Waals surface area contributed by atoms with Crippen LogP contribution in [0.2, 0.25) is 0 Å². The molecule has 0 aliphatic rings. The average molecular weight is 278 g/mol. The number of aliphatic hydroxyl groups is 1. The minimum Gasteiger partial charge on any atom is -0.386 e. The molecule has 0 aromatic carbocycles. The van der Waals surface area contributed by atoms with Gasteiger partial charge in [0.05, 0.1) is 12.6 Å². The van der Waals surface area contributed by atoms with E-state index in [1.165, 1.54) is 0 Å². The van der Waals surface area contributed by atoms with Crippen LogP contribution in [0.25, 0.3) is 0 Å². The van der Waals surface area contributed by atoms with E-state index in [2.05, 4.69) is 41.4 Å². The van der Waals surface area contributed by atoms with Crippen molar-refractivity contribution in [2.45, 2.75) is 39.8 Å². The minimum atomic E-state index is -0.609. The second-order valence-corrected chi connectivity index (χ2v) is 5.19. The summed E-state index contributed by atoms with van der Waals surface area (Å²) in [6.07, 6.45) is 2.74. The van der Waals surface area contributed by atoms with E-state index in [0.717, 1.165) is 18.1 Å². The number of guanidine groups is 1. The summed E-state index contributed by atoms with van der Waals surface area (Å²) in [5.74, 6) is 1.26. The van der Waals surface area contributed by atoms with Gasteiger partial charge in [0.25, 0.3) is 0 Å². The predicted octanol–water partition coefficient (Wildman–Crippen LogP) is 1.71. The summed E-state index contributed by atoms with van der Waals surface area (Å²) in [7, 11) is 0. The maximum absolute atomic E-state index is 10.1. The molecule has 2 atom stereocenters. The van der Waals surface area contributed by atoms with Gasteiger partial charge in [-0.15, -0.1) is 0 Å². The normalized spacial score (nSPS) is 15.0. The number of nitrogens with zero attached hydrogens (tertiary/aromatic N) is 2. The SMILES string of the molecule is CCNC(=NCC(O)c1ccncc1)NC(C)C(C)C. The van der Waals surface area contributed by atoms with Gasteiger partial charge in [0, 0.05) is 25.0 Å². The number of hydrogen-bond donors (Lipinski definition) is 3. The van der Waals surface area contributed by atoms with Crippen molar-refractivity contribution in [2.75, 3.05) is 13.1 Å². The van der Waals surface area contributed by atoms with Gasteiger partial charge >= 0.3 is 0 Å². The van der Waals surface area contributed by atoms with Gasteiger partial charge in [-0.05, 0) is 37.5 Å². The summed E-state index contributed by atoms with van der Waals surface area (Å²) in [4.78, 5) is 8.38. The third kappa shape index (κ3) is 5.57. The Morgan fingerprint density at radius 3 is 2.50 bits per heavy atom. The van der Waals surface area contributed by atoms with Crippen LogP contribution in [0, 0.1) is 5.92 Å². The highest BCUT2D eigenvalue weighted by Gasteiger charge is 2.10. The fourth-order valence-electron chi connectivity index (χ4n) is 1.57. The lowest BCUT2D eigenvalue weighted by Crippen LogP contribution is -2.44. The Kier molecular flexibility index (Phi) is 7.01. The number of aromatic nitrogens is 1. The number of aliphatic imine (C=N–C) groups is 1. The van der Waals surface area contributed by atoms with E-state index in [0.29, 0.717) is 18.5 Å². The summed E-state index contributed by atoms with van der Waals surface area (Å²) in [6.45, 7) is 9.58. The molecule has 0 fully saturated rings. The zero-order valence-corrected chi connectivity index (χ0v) is 12.8. The van der Waals surface area contributed by atoms with Crippen LogP contribution in [-0.4, -0.2) is 35.2 Å². The Morgan fingerprint density at radius 2 is 1.95 bits per heavy atom. The molecule has 0 saturated carbocycles. The van der Waals surface area contributed by atoms with Crippen molar-refractivity contribution in [3.8, 4) is 0 Å². The van der Waals surface area contributed by atoms with Gasteiger partial charge < -0.3 is 15.7 Å². The number of nitrogens with one attached hydrogen (secondary N) is 2. The van der Waals surface area contributed by atoms with Crippen molar-refractivity contribution in [1.82, 2.24) is 15.6 Å². The Hall–Kier alpha value is -1.62. The molecular weight excluding hydrogens is 252 g/mol. The predicted molar refractivity (Wildman–Crippen MR) is 82.6 cm³/mol. The lowest BCUT2D eigenvalue weighted by atomic mass is 10.1. The van der Waals surface area contributed by atoms with Crippen LogP contribution in [-0.2, 0) is 0 Å². The van der Waals surface area contributed by atoms with Crippen molar-refractivity contribution in [3.63, 3.8) is 0 Å². The van der Waals surface area contributed by atoms with Crippen molar-refractivity contribution in [1.29, 1.82) is 0 Å². The van der Waals surface area contributed by atoms with Gasteiger partial charge in [0.15, 0.2) is 5.96 Å². The Labute approximate surface area is 121 Å². The fourth-order valence-corrected chi connectivity index (χ4v) is 1.57. The first-order valence-electron chi connectivity index (χ1n) is 7.17. The van der Waals surface area contributed by atoms with Crippen LogP contribution < -0.4 is 10.6 Å². The maximum atomic E-state index is 10.1. The molecule has 3 N–H and O–H groups in total. The van der Waals surface area contributed by atoms with E-state index >= 15 is 0 Å². The molecular formula is C15H26N4O. The van der Waals surface area contributed by atoms with Gasteiger partial charge in [-0.1, -0.05) is 13.8 Å². The van der Waals surface area contributed by atoms with E-state index in [1.54, 1.807) is 24.5 Å². The molecule has 1 aromatic heterocycles. The zero-order valence-electron chi connectivity index (χ0n) is 12.8. The third-order valence-corrected chi connectivity index (χ3v) is 3.22. The summed E-state index contributed by atoms with van der Waals surface area (Å²) in [5.41, 5.74) is 0.830. The smallest absolute Gasteiger partial charge is 0.191 e. The molecule has 0 amide bonds. The molecule has 1 rings (SSSR count). The van der Waals surface area contributed by atoms with Gasteiger partial charge in [0.1, 0.15) is 0 Å². The van der Waals surface area contributed by atoms with Gasteiger partial charge in [-0.2, -0.15) is 0 Å². The second-order valence-electron chi connectivity index (χ2n) is 5.19. The van der Waals surface area contributed by atoms with Gasteiger partial charge in [-0.3, -0.25) is 9.98 Å². The van der Waals surface area contributed by atoms with Crippen molar-refractivity contribution >= 4 is 5.96 Å². The van der Waals surface area contributed by atoms with Crippen molar-refractivity contribution in [3.05, 3.63) is 30.1 Å². The molecule has 2 unspecified atom stereocenters. The lowest BCUT2D eigenvalue weighted by Gasteiger charge is -2.21. The fraction of sp³-hybridized carbons (Fsp3) is 0.600. The molecule has 0 spiro atoms. The van der Waals surface area contributed by atoms with Crippen LogP contribution in [0.4, 0.5) is 0 Å². The topological polar surface area (TPSA) is 69.5 Å². The third-order valence-electron chi connectivity index (χ3n) is 3.22. The summed E-state index contributed by atoms with van der Waals surface area (Å²) < 4.78 is 0. The highest BCUT2D eigenvalue weighted by Crippen LogP contribution is 2.11. The van der Waals surface area contributed by atoms with E-state index in [-0.39, 0.29) is 0 Å². The van der Waals surface area contributed by atoms with Gasteiger partial charge in [0.2, 0.25) is 0 Å². The maximum Gasteiger partial charge on any atom is 0.191 e. The molecule has 20 heavy (non-hydrogen) atoms. The van der Waals surface area contributed by atoms with E-state index in [4.69, 9.17) is 0 Å². The molecule has 0 radical (unpaired) electrons.